The molecule has 8 nitrogen and oxygen atoms in total. The minimum Gasteiger partial charge on any atom is -0.351 e. The van der Waals surface area contributed by atoms with Gasteiger partial charge in [-0.15, -0.1) is 0 Å². The van der Waals surface area contributed by atoms with Crippen LogP contribution in [0, 0.1) is 0 Å². The molecule has 1 saturated carbocycles. The molecule has 1 aromatic carbocycles. The maximum atomic E-state index is 12.5. The van der Waals surface area contributed by atoms with Crippen LogP contribution < -0.4 is 5.32 Å². The Balaban J connectivity index is 1.19. The van der Waals surface area contributed by atoms with E-state index >= 15 is 0 Å². The number of hydrogen-bond acceptors (Lipinski definition) is 8. The van der Waals surface area contributed by atoms with Crippen molar-refractivity contribution in [1.82, 2.24) is 29.0 Å². The minimum atomic E-state index is 0.119. The number of piperazine rings is 1. The molecule has 3 heterocycles. The molecule has 2 atom stereocenters. The number of rotatable bonds is 7. The average molecular weight is 540 g/mol. The van der Waals surface area contributed by atoms with Gasteiger partial charge in [0.2, 0.25) is 11.9 Å². The number of nitrogens with zero attached hydrogens (tertiary/aromatic N) is 6. The third kappa shape index (κ3) is 6.29. The molecule has 2 fully saturated rings. The summed E-state index contributed by atoms with van der Waals surface area (Å²) in [5, 5.41) is 5.14. The normalized spacial score (nSPS) is 21.2. The topological polar surface area (TPSA) is 77.5 Å². The molecule has 0 spiro atoms. The maximum Gasteiger partial charge on any atom is 0.246 e. The van der Waals surface area contributed by atoms with Gasteiger partial charge in [0, 0.05) is 56.3 Å². The number of carbonyl (C=O) groups is 1. The van der Waals surface area contributed by atoms with E-state index in [1.807, 2.05) is 42.1 Å². The second-order valence-corrected chi connectivity index (χ2v) is 11.3. The summed E-state index contributed by atoms with van der Waals surface area (Å²) < 4.78 is 5.74. The first kappa shape index (κ1) is 26.0. The largest absolute Gasteiger partial charge is 0.351 e. The Bertz CT molecular complexity index is 1250. The number of amides is 1. The molecule has 2 aromatic heterocycles. The molecule has 1 amide bonds. The van der Waals surface area contributed by atoms with Crippen molar-refractivity contribution in [2.45, 2.75) is 37.8 Å². The van der Waals surface area contributed by atoms with Crippen LogP contribution in [-0.4, -0.2) is 93.9 Å². The van der Waals surface area contributed by atoms with E-state index in [4.69, 9.17) is 16.6 Å². The van der Waals surface area contributed by atoms with Gasteiger partial charge in [-0.05, 0) is 57.4 Å². The molecule has 0 radical (unpaired) electrons. The zero-order chi connectivity index (χ0) is 25.8. The summed E-state index contributed by atoms with van der Waals surface area (Å²) in [6.07, 6.45) is 9.80. The van der Waals surface area contributed by atoms with Gasteiger partial charge in [0.25, 0.3) is 0 Å². The van der Waals surface area contributed by atoms with Gasteiger partial charge in [-0.2, -0.15) is 4.37 Å². The van der Waals surface area contributed by atoms with Crippen LogP contribution in [0.2, 0.25) is 5.02 Å². The smallest absolute Gasteiger partial charge is 0.246 e. The van der Waals surface area contributed by atoms with Crippen molar-refractivity contribution < 1.29 is 4.79 Å². The second-order valence-electron chi connectivity index (χ2n) is 10.1. The molecule has 0 bridgehead atoms. The first-order valence-corrected chi connectivity index (χ1v) is 14.1. The van der Waals surface area contributed by atoms with Crippen molar-refractivity contribution in [2.24, 2.45) is 0 Å². The molecule has 196 valence electrons. The van der Waals surface area contributed by atoms with E-state index in [2.05, 4.69) is 31.7 Å². The molecule has 1 aliphatic heterocycles. The van der Waals surface area contributed by atoms with Gasteiger partial charge in [-0.25, -0.2) is 9.97 Å². The van der Waals surface area contributed by atoms with Crippen LogP contribution >= 0.6 is 23.1 Å². The number of fused-ring (bicyclic) bond motifs is 1. The van der Waals surface area contributed by atoms with Crippen molar-refractivity contribution in [1.29, 1.82) is 0 Å². The van der Waals surface area contributed by atoms with E-state index in [9.17, 15) is 4.79 Å². The van der Waals surface area contributed by atoms with Crippen molar-refractivity contribution in [2.75, 3.05) is 52.1 Å². The van der Waals surface area contributed by atoms with Crippen molar-refractivity contribution in [3.05, 3.63) is 47.6 Å². The number of anilines is 1. The fraction of sp³-hybridized carbons (Fsp3) is 0.481. The van der Waals surface area contributed by atoms with E-state index in [1.54, 1.807) is 12.3 Å². The third-order valence-corrected chi connectivity index (χ3v) is 8.30. The SMILES string of the molecule is CN(C)C/C=C/C(=O)N1CCN([C@H]2CCC[C@@H](Nc3ncc(Cl)c(-c4nsc5ccccc45)n3)C2)CC1. The molecule has 1 saturated heterocycles. The first-order chi connectivity index (χ1) is 18.0. The van der Waals surface area contributed by atoms with Gasteiger partial charge in [0.05, 0.1) is 15.9 Å². The second kappa shape index (κ2) is 11.9. The van der Waals surface area contributed by atoms with Crippen molar-refractivity contribution >= 4 is 45.1 Å². The van der Waals surface area contributed by atoms with Crippen LogP contribution in [0.5, 0.6) is 0 Å². The monoisotopic (exact) mass is 539 g/mol. The predicted octanol–water partition coefficient (Wildman–Crippen LogP) is 4.39. The van der Waals surface area contributed by atoms with Crippen molar-refractivity contribution in [3.63, 3.8) is 0 Å². The fourth-order valence-electron chi connectivity index (χ4n) is 5.25. The highest BCUT2D eigenvalue weighted by Gasteiger charge is 2.30. The molecule has 0 unspecified atom stereocenters. The lowest BCUT2D eigenvalue weighted by atomic mass is 9.89. The summed E-state index contributed by atoms with van der Waals surface area (Å²) in [5.41, 5.74) is 1.48. The van der Waals surface area contributed by atoms with Gasteiger partial charge in [-0.1, -0.05) is 35.9 Å². The Hall–Kier alpha value is -2.59. The zero-order valence-corrected chi connectivity index (χ0v) is 23.0. The lowest BCUT2D eigenvalue weighted by Crippen LogP contribution is -2.53. The van der Waals surface area contributed by atoms with E-state index < -0.39 is 0 Å². The summed E-state index contributed by atoms with van der Waals surface area (Å²) in [5.74, 6) is 0.718. The Morgan fingerprint density at radius 2 is 2.00 bits per heavy atom. The Morgan fingerprint density at radius 1 is 1.19 bits per heavy atom. The lowest BCUT2D eigenvalue weighted by Gasteiger charge is -2.42. The van der Waals surface area contributed by atoms with Crippen LogP contribution in [0.25, 0.3) is 21.5 Å². The van der Waals surface area contributed by atoms with Crippen LogP contribution in [0.1, 0.15) is 25.7 Å². The standard InChI is InChI=1S/C27H34ClN7OS/c1-33(2)12-6-11-24(36)35-15-13-34(14-16-35)20-8-5-7-19(17-20)30-27-29-18-22(28)26(31-27)25-21-9-3-4-10-23(21)37-32-25/h3-4,6,9-11,18-20H,5,7-8,12-17H2,1-2H3,(H,29,30,31)/b11-6+/t19-,20+/m1/s1. The Kier molecular flexibility index (Phi) is 8.34. The van der Waals surface area contributed by atoms with Gasteiger partial charge in [0.1, 0.15) is 11.4 Å². The molecule has 5 rings (SSSR count). The van der Waals surface area contributed by atoms with Crippen molar-refractivity contribution in [3.8, 4) is 11.4 Å². The average Bonchev–Trinajstić information content (AvgIpc) is 3.34. The first-order valence-electron chi connectivity index (χ1n) is 13.0. The third-order valence-electron chi connectivity index (χ3n) is 7.20. The molecular weight excluding hydrogens is 506 g/mol. The summed E-state index contributed by atoms with van der Waals surface area (Å²) in [6.45, 7) is 4.18. The maximum absolute atomic E-state index is 12.5. The summed E-state index contributed by atoms with van der Waals surface area (Å²) >= 11 is 7.96. The molecule has 1 N–H and O–H groups in total. The lowest BCUT2D eigenvalue weighted by molar-refractivity contribution is -0.128. The number of benzene rings is 1. The van der Waals surface area contributed by atoms with Gasteiger partial charge >= 0.3 is 0 Å². The number of halogens is 1. The van der Waals surface area contributed by atoms with E-state index in [0.29, 0.717) is 28.7 Å². The molecule has 37 heavy (non-hydrogen) atoms. The highest BCUT2D eigenvalue weighted by atomic mass is 35.5. The highest BCUT2D eigenvalue weighted by Crippen LogP contribution is 2.34. The minimum absolute atomic E-state index is 0.119. The van der Waals surface area contributed by atoms with Crippen LogP contribution in [0.4, 0.5) is 5.95 Å². The number of nitrogens with one attached hydrogen (secondary N) is 1. The zero-order valence-electron chi connectivity index (χ0n) is 21.4. The molecule has 10 heteroatoms. The number of carbonyl (C=O) groups excluding carboxylic acids is 1. The number of likely N-dealkylation sites (N-methyl/N-ethyl adjacent to an activating group) is 1. The van der Waals surface area contributed by atoms with E-state index in [1.165, 1.54) is 18.0 Å². The predicted molar refractivity (Wildman–Crippen MR) is 151 cm³/mol. The van der Waals surface area contributed by atoms with Gasteiger partial charge in [-0.3, -0.25) is 9.69 Å². The van der Waals surface area contributed by atoms with Crippen LogP contribution in [0.15, 0.2) is 42.6 Å². The van der Waals surface area contributed by atoms with E-state index in [-0.39, 0.29) is 5.91 Å². The highest BCUT2D eigenvalue weighted by molar-refractivity contribution is 7.13. The van der Waals surface area contributed by atoms with Crippen LogP contribution in [-0.2, 0) is 4.79 Å². The molecule has 2 aliphatic rings. The summed E-state index contributed by atoms with van der Waals surface area (Å²) in [4.78, 5) is 28.3. The fourth-order valence-corrected chi connectivity index (χ4v) is 6.20. The summed E-state index contributed by atoms with van der Waals surface area (Å²) in [7, 11) is 4.00. The number of aromatic nitrogens is 3. The van der Waals surface area contributed by atoms with Crippen LogP contribution in [0.3, 0.4) is 0 Å². The van der Waals surface area contributed by atoms with Gasteiger partial charge < -0.3 is 15.1 Å². The summed E-state index contributed by atoms with van der Waals surface area (Å²) in [6, 6.07) is 8.94. The molecule has 3 aromatic rings. The van der Waals surface area contributed by atoms with Gasteiger partial charge in [0.15, 0.2) is 0 Å². The quantitative estimate of drug-likeness (QED) is 0.446. The number of hydrogen-bond donors (Lipinski definition) is 1. The Morgan fingerprint density at radius 3 is 2.81 bits per heavy atom. The molecule has 1 aliphatic carbocycles. The Labute approximate surface area is 227 Å². The van der Waals surface area contributed by atoms with E-state index in [0.717, 1.165) is 67.8 Å². The molecular formula is C27H34ClN7OS.